The normalized spacial score (nSPS) is 17.1. The van der Waals surface area contributed by atoms with Crippen LogP contribution in [0.4, 0.5) is 0 Å². The van der Waals surface area contributed by atoms with Crippen LogP contribution in [-0.2, 0) is 22.7 Å². The zero-order valence-electron chi connectivity index (χ0n) is 19.0. The summed E-state index contributed by atoms with van der Waals surface area (Å²) in [6.45, 7) is 8.35. The van der Waals surface area contributed by atoms with Crippen molar-refractivity contribution in [3.8, 4) is 11.8 Å². The first-order chi connectivity index (χ1) is 14.7. The predicted molar refractivity (Wildman–Crippen MR) is 116 cm³/mol. The van der Waals surface area contributed by atoms with Crippen LogP contribution in [0.15, 0.2) is 12.1 Å². The lowest BCUT2D eigenvalue weighted by Gasteiger charge is -2.13. The Morgan fingerprint density at radius 1 is 0.839 bits per heavy atom. The Bertz CT molecular complexity index is 926. The summed E-state index contributed by atoms with van der Waals surface area (Å²) in [5, 5.41) is 5.84. The van der Waals surface area contributed by atoms with Gasteiger partial charge in [-0.25, -0.2) is 9.97 Å². The summed E-state index contributed by atoms with van der Waals surface area (Å²) in [7, 11) is 3.13. The third kappa shape index (κ3) is 5.13. The Morgan fingerprint density at radius 2 is 1.23 bits per heavy atom. The molecule has 0 bridgehead atoms. The minimum Gasteiger partial charge on any atom is -0.481 e. The molecule has 3 rings (SSSR count). The van der Waals surface area contributed by atoms with Crippen LogP contribution in [0.2, 0.25) is 0 Å². The van der Waals surface area contributed by atoms with Gasteiger partial charge in [-0.05, 0) is 57.4 Å². The predicted octanol–water partition coefficient (Wildman–Crippen LogP) is 2.30. The summed E-state index contributed by atoms with van der Waals surface area (Å²) < 4.78 is 10.7. The van der Waals surface area contributed by atoms with Crippen LogP contribution < -0.4 is 20.1 Å². The van der Waals surface area contributed by atoms with Crippen molar-refractivity contribution in [1.29, 1.82) is 0 Å². The summed E-state index contributed by atoms with van der Waals surface area (Å²) >= 11 is 0. The van der Waals surface area contributed by atoms with Crippen LogP contribution in [0, 0.1) is 39.5 Å². The molecule has 2 amide bonds. The van der Waals surface area contributed by atoms with E-state index in [0.717, 1.165) is 33.6 Å². The Hall–Kier alpha value is -3.16. The summed E-state index contributed by atoms with van der Waals surface area (Å²) in [4.78, 5) is 33.8. The van der Waals surface area contributed by atoms with E-state index in [4.69, 9.17) is 9.47 Å². The number of ether oxygens (including phenoxy) is 2. The molecule has 2 atom stereocenters. The van der Waals surface area contributed by atoms with Crippen LogP contribution in [0.5, 0.6) is 11.8 Å². The van der Waals surface area contributed by atoms with Crippen LogP contribution in [-0.4, -0.2) is 36.0 Å². The van der Waals surface area contributed by atoms with E-state index < -0.39 is 0 Å². The van der Waals surface area contributed by atoms with Crippen molar-refractivity contribution >= 4 is 11.8 Å². The van der Waals surface area contributed by atoms with Gasteiger partial charge in [0.2, 0.25) is 23.6 Å². The lowest BCUT2D eigenvalue weighted by atomic mass is 10.1. The highest BCUT2D eigenvalue weighted by Gasteiger charge is 2.47. The van der Waals surface area contributed by atoms with Crippen molar-refractivity contribution in [2.75, 3.05) is 14.2 Å². The Kier molecular flexibility index (Phi) is 6.77. The second-order valence-corrected chi connectivity index (χ2v) is 8.02. The lowest BCUT2D eigenvalue weighted by Crippen LogP contribution is -2.30. The van der Waals surface area contributed by atoms with E-state index in [0.29, 0.717) is 31.3 Å². The molecule has 2 N–H and O–H groups in total. The maximum Gasteiger partial charge on any atom is 0.224 e. The molecule has 2 aromatic rings. The van der Waals surface area contributed by atoms with Crippen LogP contribution >= 0.6 is 0 Å². The number of carbonyl (C=O) groups is 2. The molecule has 1 aliphatic carbocycles. The van der Waals surface area contributed by atoms with Crippen molar-refractivity contribution in [3.05, 3.63) is 45.8 Å². The second kappa shape index (κ2) is 9.32. The number of pyridine rings is 2. The fraction of sp³-hybridized carbons (Fsp3) is 0.478. The molecule has 1 aliphatic rings. The fourth-order valence-corrected chi connectivity index (χ4v) is 3.81. The van der Waals surface area contributed by atoms with E-state index in [1.54, 1.807) is 14.2 Å². The first-order valence-corrected chi connectivity index (χ1v) is 10.3. The van der Waals surface area contributed by atoms with E-state index in [1.165, 1.54) is 0 Å². The third-order valence-corrected chi connectivity index (χ3v) is 5.60. The van der Waals surface area contributed by atoms with Crippen LogP contribution in [0.1, 0.15) is 40.1 Å². The zero-order valence-corrected chi connectivity index (χ0v) is 19.0. The highest BCUT2D eigenvalue weighted by Crippen LogP contribution is 2.39. The van der Waals surface area contributed by atoms with Gasteiger partial charge in [-0.1, -0.05) is 0 Å². The minimum absolute atomic E-state index is 0.132. The molecule has 0 spiro atoms. The van der Waals surface area contributed by atoms with E-state index in [-0.39, 0.29) is 23.7 Å². The molecule has 31 heavy (non-hydrogen) atoms. The van der Waals surface area contributed by atoms with Crippen molar-refractivity contribution in [2.24, 2.45) is 11.8 Å². The molecule has 0 aromatic carbocycles. The number of nitrogens with one attached hydrogen (secondary N) is 2. The number of rotatable bonds is 8. The number of aromatic nitrogens is 2. The number of nitrogens with zero attached hydrogens (tertiary/aromatic N) is 2. The number of methoxy groups -OCH3 is 2. The maximum atomic E-state index is 12.6. The molecule has 1 saturated carbocycles. The number of carbonyl (C=O) groups excluding carboxylic acids is 2. The maximum absolute atomic E-state index is 12.6. The molecule has 0 aliphatic heterocycles. The molecular weight excluding hydrogens is 396 g/mol. The topological polar surface area (TPSA) is 102 Å². The molecule has 166 valence electrons. The van der Waals surface area contributed by atoms with E-state index >= 15 is 0 Å². The fourth-order valence-electron chi connectivity index (χ4n) is 3.81. The van der Waals surface area contributed by atoms with Gasteiger partial charge in [0, 0.05) is 35.6 Å². The van der Waals surface area contributed by atoms with Crippen molar-refractivity contribution < 1.29 is 19.1 Å². The van der Waals surface area contributed by atoms with Gasteiger partial charge in [-0.3, -0.25) is 9.59 Å². The molecule has 0 saturated heterocycles. The molecule has 8 heteroatoms. The van der Waals surface area contributed by atoms with Gasteiger partial charge >= 0.3 is 0 Å². The van der Waals surface area contributed by atoms with Crippen molar-refractivity contribution in [1.82, 2.24) is 20.6 Å². The van der Waals surface area contributed by atoms with Crippen LogP contribution in [0.25, 0.3) is 0 Å². The zero-order chi connectivity index (χ0) is 22.7. The van der Waals surface area contributed by atoms with Gasteiger partial charge < -0.3 is 20.1 Å². The number of amides is 2. The quantitative estimate of drug-likeness (QED) is 0.672. The summed E-state index contributed by atoms with van der Waals surface area (Å²) in [5.74, 6) is 0.131. The number of hydrogen-bond acceptors (Lipinski definition) is 6. The van der Waals surface area contributed by atoms with Gasteiger partial charge in [0.15, 0.2) is 0 Å². The Balaban J connectivity index is 1.54. The third-order valence-electron chi connectivity index (χ3n) is 5.60. The second-order valence-electron chi connectivity index (χ2n) is 8.02. The summed E-state index contributed by atoms with van der Waals surface area (Å²) in [6, 6.07) is 3.90. The number of hydrogen-bond donors (Lipinski definition) is 2. The highest BCUT2D eigenvalue weighted by atomic mass is 16.5. The molecule has 2 unspecified atom stereocenters. The van der Waals surface area contributed by atoms with Gasteiger partial charge in [0.05, 0.1) is 26.1 Å². The van der Waals surface area contributed by atoms with Crippen molar-refractivity contribution in [3.63, 3.8) is 0 Å². The first kappa shape index (κ1) is 22.5. The van der Waals surface area contributed by atoms with Gasteiger partial charge in [-0.15, -0.1) is 0 Å². The van der Waals surface area contributed by atoms with Crippen molar-refractivity contribution in [2.45, 2.75) is 47.2 Å². The standard InChI is InChI=1S/C23H30N4O4/c1-12-7-14(3)26-22(30-5)18(12)10-24-20(28)16-9-17(16)21(29)25-11-19-13(2)8-15(4)27-23(19)31-6/h7-8,16-17H,9-11H2,1-6H3,(H,24,28)(H,25,29). The van der Waals surface area contributed by atoms with Gasteiger partial charge in [0.1, 0.15) is 0 Å². The SMILES string of the molecule is COc1nc(C)cc(C)c1CNC(=O)C1CC1C(=O)NCc1c(C)cc(C)nc1OC. The van der Waals surface area contributed by atoms with Crippen LogP contribution in [0.3, 0.4) is 0 Å². The minimum atomic E-state index is -0.316. The van der Waals surface area contributed by atoms with E-state index in [1.807, 2.05) is 39.8 Å². The molecular formula is C23H30N4O4. The molecule has 2 aromatic heterocycles. The molecule has 0 radical (unpaired) electrons. The first-order valence-electron chi connectivity index (χ1n) is 10.3. The molecule has 1 fully saturated rings. The lowest BCUT2D eigenvalue weighted by molar-refractivity contribution is -0.127. The summed E-state index contributed by atoms with van der Waals surface area (Å²) in [5.41, 5.74) is 5.42. The van der Waals surface area contributed by atoms with E-state index in [2.05, 4.69) is 20.6 Å². The highest BCUT2D eigenvalue weighted by molar-refractivity contribution is 5.92. The molecule has 8 nitrogen and oxygen atoms in total. The smallest absolute Gasteiger partial charge is 0.224 e. The Labute approximate surface area is 182 Å². The van der Waals surface area contributed by atoms with E-state index in [9.17, 15) is 9.59 Å². The molecule has 2 heterocycles. The summed E-state index contributed by atoms with van der Waals surface area (Å²) in [6.07, 6.45) is 0.544. The monoisotopic (exact) mass is 426 g/mol. The van der Waals surface area contributed by atoms with Gasteiger partial charge in [0.25, 0.3) is 0 Å². The largest absolute Gasteiger partial charge is 0.481 e. The number of aryl methyl sites for hydroxylation is 4. The van der Waals surface area contributed by atoms with Gasteiger partial charge in [-0.2, -0.15) is 0 Å². The Morgan fingerprint density at radius 3 is 1.58 bits per heavy atom. The average molecular weight is 427 g/mol. The average Bonchev–Trinajstić information content (AvgIpc) is 3.52.